The molecule has 44 heavy (non-hydrogen) atoms. The molecule has 0 atom stereocenters. The van der Waals surface area contributed by atoms with E-state index in [1.54, 1.807) is 0 Å². The number of nitrogen functional groups attached to an aromatic ring is 2. The lowest BCUT2D eigenvalue weighted by atomic mass is 9.67. The molecule has 212 valence electrons. The van der Waals surface area contributed by atoms with Gasteiger partial charge in [-0.3, -0.25) is 0 Å². The van der Waals surface area contributed by atoms with Crippen molar-refractivity contribution >= 4 is 39.0 Å². The van der Waals surface area contributed by atoms with Crippen molar-refractivity contribution in [3.05, 3.63) is 161 Å². The van der Waals surface area contributed by atoms with Crippen LogP contribution in [-0.2, 0) is 11.8 Å². The van der Waals surface area contributed by atoms with Crippen LogP contribution in [0, 0.1) is 0 Å². The molecule has 4 N–H and O–H groups in total. The Labute approximate surface area is 255 Å². The first-order valence-corrected chi connectivity index (χ1v) is 14.8. The Bertz CT molecular complexity index is 2080. The highest BCUT2D eigenvalue weighted by Crippen LogP contribution is 2.43. The quantitative estimate of drug-likeness (QED) is 0.196. The summed E-state index contributed by atoms with van der Waals surface area (Å²) in [6.07, 6.45) is 3.28. The molecule has 0 amide bonds. The fraction of sp³-hybridized carbons (Fsp3) is 0.0500. The second-order valence-electron chi connectivity index (χ2n) is 11.5. The van der Waals surface area contributed by atoms with E-state index in [1.807, 2.05) is 48.5 Å². The zero-order valence-electron chi connectivity index (χ0n) is 24.0. The van der Waals surface area contributed by atoms with Crippen LogP contribution in [0.4, 0.5) is 11.4 Å². The van der Waals surface area contributed by atoms with Gasteiger partial charge in [0, 0.05) is 16.8 Å². The summed E-state index contributed by atoms with van der Waals surface area (Å²) in [7, 11) is 0. The summed E-state index contributed by atoms with van der Waals surface area (Å²) in [5.74, 6) is 3.06. The normalized spacial score (nSPS) is 13.5. The lowest BCUT2D eigenvalue weighted by Crippen LogP contribution is -2.34. The maximum Gasteiger partial charge on any atom is 0.127 e. The van der Waals surface area contributed by atoms with Crippen molar-refractivity contribution in [2.45, 2.75) is 11.8 Å². The fourth-order valence-corrected chi connectivity index (χ4v) is 6.59. The molecule has 0 unspecified atom stereocenters. The van der Waals surface area contributed by atoms with Gasteiger partial charge in [0.05, 0.1) is 0 Å². The van der Waals surface area contributed by atoms with E-state index < -0.39 is 5.41 Å². The van der Waals surface area contributed by atoms with Gasteiger partial charge in [0.1, 0.15) is 23.0 Å². The van der Waals surface area contributed by atoms with Crippen LogP contribution in [0.25, 0.3) is 27.6 Å². The smallest absolute Gasteiger partial charge is 0.127 e. The molecule has 4 heteroatoms. The molecular weight excluding hydrogens is 540 g/mol. The van der Waals surface area contributed by atoms with Gasteiger partial charge in [-0.1, -0.05) is 72.8 Å². The van der Waals surface area contributed by atoms with Crippen molar-refractivity contribution in [3.63, 3.8) is 0 Å². The lowest BCUT2D eigenvalue weighted by Gasteiger charge is -2.36. The number of ether oxygens (including phenoxy) is 2. The van der Waals surface area contributed by atoms with Gasteiger partial charge in [-0.05, 0) is 123 Å². The molecule has 1 aliphatic rings. The molecule has 7 aromatic rings. The summed E-state index contributed by atoms with van der Waals surface area (Å²) in [5.41, 5.74) is 16.5. The Hall–Kier alpha value is -5.74. The third-order valence-corrected chi connectivity index (χ3v) is 8.74. The number of benzene rings is 7. The Morgan fingerprint density at radius 3 is 1.41 bits per heavy atom. The van der Waals surface area contributed by atoms with Gasteiger partial charge in [-0.15, -0.1) is 0 Å². The van der Waals surface area contributed by atoms with Gasteiger partial charge in [-0.25, -0.2) is 0 Å². The second-order valence-corrected chi connectivity index (χ2v) is 11.5. The number of hydrogen-bond donors (Lipinski definition) is 2. The first-order valence-electron chi connectivity index (χ1n) is 14.8. The maximum absolute atomic E-state index is 6.14. The Morgan fingerprint density at radius 1 is 0.455 bits per heavy atom. The van der Waals surface area contributed by atoms with Crippen LogP contribution >= 0.6 is 0 Å². The van der Waals surface area contributed by atoms with Crippen LogP contribution in [0.3, 0.4) is 0 Å². The van der Waals surface area contributed by atoms with E-state index in [4.69, 9.17) is 20.9 Å². The Kier molecular flexibility index (Phi) is 6.02. The van der Waals surface area contributed by atoms with E-state index in [1.165, 1.54) is 43.5 Å². The van der Waals surface area contributed by atoms with Gasteiger partial charge < -0.3 is 20.9 Å². The summed E-state index contributed by atoms with van der Waals surface area (Å²) >= 11 is 0. The molecule has 7 aromatic carbocycles. The van der Waals surface area contributed by atoms with E-state index in [0.717, 1.165) is 29.4 Å². The first-order chi connectivity index (χ1) is 21.5. The average Bonchev–Trinajstić information content (AvgIpc) is 3.06. The third kappa shape index (κ3) is 4.48. The molecular formula is C40H30N2O2. The molecule has 0 heterocycles. The molecule has 0 aliphatic heterocycles. The molecule has 0 aromatic heterocycles. The molecule has 8 rings (SSSR count). The average molecular weight is 571 g/mol. The van der Waals surface area contributed by atoms with Crippen LogP contribution < -0.4 is 26.2 Å². The van der Waals surface area contributed by atoms with Gasteiger partial charge in [0.25, 0.3) is 0 Å². The Balaban J connectivity index is 1.24. The minimum atomic E-state index is -0.397. The van der Waals surface area contributed by atoms with Crippen LogP contribution in [-0.4, -0.2) is 0 Å². The summed E-state index contributed by atoms with van der Waals surface area (Å²) in [6.45, 7) is 0. The standard InChI is InChI=1S/C40H30N2O2/c41-32-12-20-36(21-13-32)43-34-16-8-30(9-17-34)40(31-10-18-35(19-11-31)44-37-22-14-33(42)15-23-37)24-28-6-4-26-2-1-3-27-5-7-29(25-40)39(28)38(26)27/h1-24H,25,41-42H2. The topological polar surface area (TPSA) is 70.5 Å². The van der Waals surface area contributed by atoms with Crippen molar-refractivity contribution in [2.75, 3.05) is 11.5 Å². The fourth-order valence-electron chi connectivity index (χ4n) is 6.59. The minimum absolute atomic E-state index is 0.397. The predicted molar refractivity (Wildman–Crippen MR) is 180 cm³/mol. The van der Waals surface area contributed by atoms with Crippen LogP contribution in [0.2, 0.25) is 0 Å². The van der Waals surface area contributed by atoms with E-state index in [2.05, 4.69) is 97.1 Å². The number of hydrogen-bond acceptors (Lipinski definition) is 4. The Morgan fingerprint density at radius 2 is 0.909 bits per heavy atom. The summed E-state index contributed by atoms with van der Waals surface area (Å²) in [6, 6.07) is 47.5. The van der Waals surface area contributed by atoms with Crippen molar-refractivity contribution in [1.82, 2.24) is 0 Å². The van der Waals surface area contributed by atoms with Gasteiger partial charge in [0.15, 0.2) is 0 Å². The summed E-state index contributed by atoms with van der Waals surface area (Å²) in [5, 5.41) is 6.49. The highest BCUT2D eigenvalue weighted by Gasteiger charge is 2.35. The van der Waals surface area contributed by atoms with Gasteiger partial charge >= 0.3 is 0 Å². The zero-order chi connectivity index (χ0) is 29.7. The number of nitrogens with two attached hydrogens (primary N) is 2. The van der Waals surface area contributed by atoms with Gasteiger partial charge in [-0.2, -0.15) is 0 Å². The largest absolute Gasteiger partial charge is 0.457 e. The SMILES string of the molecule is Nc1ccc(Oc2ccc(C3(c4ccc(Oc5ccc(N)cc5)cc4)C=c4ccc5cccc6ccc(c4c65)C3)cc2)cc1. The van der Waals surface area contributed by atoms with Crippen molar-refractivity contribution in [1.29, 1.82) is 0 Å². The van der Waals surface area contributed by atoms with Gasteiger partial charge in [0.2, 0.25) is 0 Å². The molecule has 0 fully saturated rings. The van der Waals surface area contributed by atoms with E-state index in [0.29, 0.717) is 11.4 Å². The molecule has 0 spiro atoms. The zero-order valence-corrected chi connectivity index (χ0v) is 24.0. The van der Waals surface area contributed by atoms with Crippen LogP contribution in [0.5, 0.6) is 23.0 Å². The number of rotatable bonds is 6. The molecule has 1 aliphatic carbocycles. The minimum Gasteiger partial charge on any atom is -0.457 e. The monoisotopic (exact) mass is 570 g/mol. The molecule has 4 nitrogen and oxygen atoms in total. The maximum atomic E-state index is 6.14. The van der Waals surface area contributed by atoms with Crippen molar-refractivity contribution in [3.8, 4) is 23.0 Å². The summed E-state index contributed by atoms with van der Waals surface area (Å²) in [4.78, 5) is 0. The predicted octanol–water partition coefficient (Wildman–Crippen LogP) is 8.78. The lowest BCUT2D eigenvalue weighted by molar-refractivity contribution is 0.481. The molecule has 0 saturated carbocycles. The summed E-state index contributed by atoms with van der Waals surface area (Å²) < 4.78 is 12.3. The molecule has 0 radical (unpaired) electrons. The first kappa shape index (κ1) is 25.9. The van der Waals surface area contributed by atoms with Crippen molar-refractivity contribution < 1.29 is 9.47 Å². The van der Waals surface area contributed by atoms with E-state index in [9.17, 15) is 0 Å². The van der Waals surface area contributed by atoms with E-state index in [-0.39, 0.29) is 0 Å². The highest BCUT2D eigenvalue weighted by atomic mass is 16.5. The number of anilines is 2. The highest BCUT2D eigenvalue weighted by molar-refractivity contribution is 6.12. The van der Waals surface area contributed by atoms with Crippen LogP contribution in [0.1, 0.15) is 16.7 Å². The molecule has 0 saturated heterocycles. The van der Waals surface area contributed by atoms with E-state index >= 15 is 0 Å². The van der Waals surface area contributed by atoms with Crippen molar-refractivity contribution in [2.24, 2.45) is 0 Å². The third-order valence-electron chi connectivity index (χ3n) is 8.74. The second kappa shape index (κ2) is 10.2. The molecule has 0 bridgehead atoms. The van der Waals surface area contributed by atoms with Crippen LogP contribution in [0.15, 0.2) is 140 Å².